The van der Waals surface area contributed by atoms with Crippen molar-refractivity contribution in [2.24, 2.45) is 5.73 Å². The lowest BCUT2D eigenvalue weighted by molar-refractivity contribution is -0.116. The maximum Gasteiger partial charge on any atom is 0.225 e. The second-order valence-electron chi connectivity index (χ2n) is 3.05. The van der Waals surface area contributed by atoms with E-state index in [4.69, 9.17) is 17.3 Å². The molecular weight excluding hydrogens is 200 g/mol. The van der Waals surface area contributed by atoms with E-state index in [1.807, 2.05) is 19.1 Å². The Morgan fingerprint density at radius 1 is 1.57 bits per heavy atom. The molecule has 0 fully saturated rings. The van der Waals surface area contributed by atoms with E-state index in [2.05, 4.69) is 5.32 Å². The first kappa shape index (κ1) is 11.0. The fourth-order valence-electron chi connectivity index (χ4n) is 1.03. The van der Waals surface area contributed by atoms with Crippen molar-refractivity contribution < 1.29 is 4.79 Å². The molecule has 1 aromatic carbocycles. The van der Waals surface area contributed by atoms with E-state index in [9.17, 15) is 4.79 Å². The van der Waals surface area contributed by atoms with Crippen LogP contribution in [0.4, 0.5) is 5.69 Å². The molecule has 4 heteroatoms. The Hall–Kier alpha value is -1.06. The van der Waals surface area contributed by atoms with Crippen LogP contribution in [0.5, 0.6) is 0 Å². The third-order valence-electron chi connectivity index (χ3n) is 1.83. The number of amides is 1. The SMILES string of the molecule is Cc1ccc(NC(=O)CCN)cc1Cl. The molecule has 14 heavy (non-hydrogen) atoms. The minimum absolute atomic E-state index is 0.0904. The van der Waals surface area contributed by atoms with Gasteiger partial charge >= 0.3 is 0 Å². The fourth-order valence-corrected chi connectivity index (χ4v) is 1.21. The molecule has 0 saturated carbocycles. The van der Waals surface area contributed by atoms with Crippen LogP contribution in [0.2, 0.25) is 5.02 Å². The lowest BCUT2D eigenvalue weighted by Crippen LogP contribution is -2.16. The van der Waals surface area contributed by atoms with E-state index >= 15 is 0 Å². The Kier molecular flexibility index (Phi) is 3.92. The summed E-state index contributed by atoms with van der Waals surface area (Å²) in [7, 11) is 0. The van der Waals surface area contributed by atoms with Crippen molar-refractivity contribution >= 4 is 23.2 Å². The number of benzene rings is 1. The number of carbonyl (C=O) groups is 1. The zero-order valence-electron chi connectivity index (χ0n) is 8.01. The Labute approximate surface area is 88.2 Å². The molecule has 0 aliphatic heterocycles. The van der Waals surface area contributed by atoms with Crippen LogP contribution >= 0.6 is 11.6 Å². The first-order valence-electron chi connectivity index (χ1n) is 4.39. The first-order valence-corrected chi connectivity index (χ1v) is 4.77. The Morgan fingerprint density at radius 2 is 2.29 bits per heavy atom. The number of halogens is 1. The first-order chi connectivity index (χ1) is 6.63. The largest absolute Gasteiger partial charge is 0.330 e. The van der Waals surface area contributed by atoms with E-state index < -0.39 is 0 Å². The molecule has 1 rings (SSSR count). The Balaban J connectivity index is 2.68. The highest BCUT2D eigenvalue weighted by atomic mass is 35.5. The quantitative estimate of drug-likeness (QED) is 0.805. The van der Waals surface area contributed by atoms with Gasteiger partial charge in [0.05, 0.1) is 0 Å². The minimum Gasteiger partial charge on any atom is -0.330 e. The molecule has 3 nitrogen and oxygen atoms in total. The molecule has 0 aromatic heterocycles. The lowest BCUT2D eigenvalue weighted by Gasteiger charge is -2.05. The molecule has 0 aliphatic carbocycles. The van der Waals surface area contributed by atoms with Crippen molar-refractivity contribution in [3.8, 4) is 0 Å². The number of hydrogen-bond acceptors (Lipinski definition) is 2. The minimum atomic E-state index is -0.0904. The average Bonchev–Trinajstić information content (AvgIpc) is 2.12. The number of nitrogens with one attached hydrogen (secondary N) is 1. The molecule has 0 saturated heterocycles. The van der Waals surface area contributed by atoms with E-state index in [1.165, 1.54) is 0 Å². The third-order valence-corrected chi connectivity index (χ3v) is 2.23. The predicted molar refractivity (Wildman–Crippen MR) is 58.5 cm³/mol. The van der Waals surface area contributed by atoms with Gasteiger partial charge in [0, 0.05) is 23.7 Å². The number of hydrogen-bond donors (Lipinski definition) is 2. The van der Waals surface area contributed by atoms with Crippen LogP contribution in [-0.4, -0.2) is 12.5 Å². The molecule has 0 unspecified atom stereocenters. The van der Waals surface area contributed by atoms with Crippen LogP contribution in [0.15, 0.2) is 18.2 Å². The van der Waals surface area contributed by atoms with Gasteiger partial charge in [0.25, 0.3) is 0 Å². The number of aryl methyl sites for hydroxylation is 1. The number of nitrogens with two attached hydrogens (primary N) is 1. The molecule has 0 aliphatic rings. The zero-order chi connectivity index (χ0) is 10.6. The molecule has 0 heterocycles. The van der Waals surface area contributed by atoms with E-state index in [0.717, 1.165) is 5.56 Å². The molecule has 3 N–H and O–H groups in total. The van der Waals surface area contributed by atoms with Crippen LogP contribution in [-0.2, 0) is 4.79 Å². The van der Waals surface area contributed by atoms with Crippen molar-refractivity contribution in [3.05, 3.63) is 28.8 Å². The summed E-state index contributed by atoms with van der Waals surface area (Å²) in [5.74, 6) is -0.0904. The molecule has 0 radical (unpaired) electrons. The maximum absolute atomic E-state index is 11.2. The summed E-state index contributed by atoms with van der Waals surface area (Å²) in [6.07, 6.45) is 0.325. The summed E-state index contributed by atoms with van der Waals surface area (Å²) in [6, 6.07) is 5.40. The molecule has 0 atom stereocenters. The predicted octanol–water partition coefficient (Wildman–Crippen LogP) is 1.94. The summed E-state index contributed by atoms with van der Waals surface area (Å²) < 4.78 is 0. The van der Waals surface area contributed by atoms with Crippen molar-refractivity contribution in [1.82, 2.24) is 0 Å². The Bertz CT molecular complexity index is 339. The Morgan fingerprint density at radius 3 is 2.86 bits per heavy atom. The second-order valence-corrected chi connectivity index (χ2v) is 3.46. The lowest BCUT2D eigenvalue weighted by atomic mass is 10.2. The van der Waals surface area contributed by atoms with Crippen molar-refractivity contribution in [2.75, 3.05) is 11.9 Å². The molecule has 1 amide bonds. The fraction of sp³-hybridized carbons (Fsp3) is 0.300. The van der Waals surface area contributed by atoms with E-state index in [-0.39, 0.29) is 5.91 Å². The van der Waals surface area contributed by atoms with Gasteiger partial charge in [-0.1, -0.05) is 17.7 Å². The van der Waals surface area contributed by atoms with Gasteiger partial charge in [-0.15, -0.1) is 0 Å². The second kappa shape index (κ2) is 4.98. The topological polar surface area (TPSA) is 55.1 Å². The van der Waals surface area contributed by atoms with Crippen molar-refractivity contribution in [2.45, 2.75) is 13.3 Å². The zero-order valence-corrected chi connectivity index (χ0v) is 8.77. The highest BCUT2D eigenvalue weighted by molar-refractivity contribution is 6.31. The number of rotatable bonds is 3. The molecule has 1 aromatic rings. The van der Waals surface area contributed by atoms with Crippen LogP contribution < -0.4 is 11.1 Å². The number of carbonyl (C=O) groups excluding carboxylic acids is 1. The standard InChI is InChI=1S/C10H13ClN2O/c1-7-2-3-8(6-9(7)11)13-10(14)4-5-12/h2-3,6H,4-5,12H2,1H3,(H,13,14). The third kappa shape index (κ3) is 3.01. The van der Waals surface area contributed by atoms with Gasteiger partial charge in [0.15, 0.2) is 0 Å². The molecular formula is C10H13ClN2O. The molecule has 0 bridgehead atoms. The van der Waals surface area contributed by atoms with Gasteiger partial charge in [-0.25, -0.2) is 0 Å². The van der Waals surface area contributed by atoms with E-state index in [1.54, 1.807) is 6.07 Å². The highest BCUT2D eigenvalue weighted by Crippen LogP contribution is 2.19. The molecule has 76 valence electrons. The van der Waals surface area contributed by atoms with Crippen LogP contribution in [0, 0.1) is 6.92 Å². The van der Waals surface area contributed by atoms with Crippen LogP contribution in [0.25, 0.3) is 0 Å². The summed E-state index contributed by atoms with van der Waals surface area (Å²) in [4.78, 5) is 11.2. The smallest absolute Gasteiger partial charge is 0.225 e. The van der Waals surface area contributed by atoms with Gasteiger partial charge in [-0.2, -0.15) is 0 Å². The summed E-state index contributed by atoms with van der Waals surface area (Å²) in [5.41, 5.74) is 6.95. The monoisotopic (exact) mass is 212 g/mol. The van der Waals surface area contributed by atoms with Gasteiger partial charge in [-0.3, -0.25) is 4.79 Å². The summed E-state index contributed by atoms with van der Waals surface area (Å²) in [5, 5.41) is 3.36. The van der Waals surface area contributed by atoms with Crippen molar-refractivity contribution in [3.63, 3.8) is 0 Å². The molecule has 0 spiro atoms. The van der Waals surface area contributed by atoms with Gasteiger partial charge < -0.3 is 11.1 Å². The van der Waals surface area contributed by atoms with Gasteiger partial charge in [0.1, 0.15) is 0 Å². The number of anilines is 1. The maximum atomic E-state index is 11.2. The van der Waals surface area contributed by atoms with Gasteiger partial charge in [0.2, 0.25) is 5.91 Å². The van der Waals surface area contributed by atoms with Gasteiger partial charge in [-0.05, 0) is 24.6 Å². The van der Waals surface area contributed by atoms with E-state index in [0.29, 0.717) is 23.7 Å². The van der Waals surface area contributed by atoms with Crippen LogP contribution in [0.1, 0.15) is 12.0 Å². The average molecular weight is 213 g/mol. The highest BCUT2D eigenvalue weighted by Gasteiger charge is 2.02. The summed E-state index contributed by atoms with van der Waals surface area (Å²) in [6.45, 7) is 2.26. The van der Waals surface area contributed by atoms with Crippen molar-refractivity contribution in [1.29, 1.82) is 0 Å². The van der Waals surface area contributed by atoms with Crippen LogP contribution in [0.3, 0.4) is 0 Å². The summed E-state index contributed by atoms with van der Waals surface area (Å²) >= 11 is 5.90. The normalized spacial score (nSPS) is 9.93.